The van der Waals surface area contributed by atoms with Crippen LogP contribution in [0, 0.1) is 17.8 Å². The van der Waals surface area contributed by atoms with Crippen LogP contribution in [0.2, 0.25) is 0 Å². The van der Waals surface area contributed by atoms with Gasteiger partial charge in [0.2, 0.25) is 17.7 Å². The smallest absolute Gasteiger partial charge is 0.411 e. The van der Waals surface area contributed by atoms with Gasteiger partial charge in [-0.3, -0.25) is 42.9 Å². The Labute approximate surface area is 544 Å². The SMILES string of the molecule is CC(CC(=O)NCCC(=O)N[C@H](C(=O)C[C@@H](CCCNC(N)=O)C(=O)Nc1ccc(COC(=O)N(C)CCOC(=O)Nc2ccc3ncn([C@@H]4O[C@@H]5COP(O)(=S)O[C@H]6[C@H]7OO[C@]6(COP(O)(=S)O[C@@H]4[C@@H]5F)O[C@H]7n4cnc5c(N)ncnc54)c3c2)cc1)C(C)C)C(=O)O. The molecule has 4 bridgehead atoms. The minimum absolute atomic E-state index is 0.0768. The predicted octanol–water partition coefficient (Wildman–Crippen LogP) is 3.04. The molecule has 13 atom stereocenters. The first-order valence-electron chi connectivity index (χ1n) is 29.2. The number of nitrogens with one attached hydrogen (secondary N) is 5. The number of imidazole rings is 2. The van der Waals surface area contributed by atoms with Crippen LogP contribution >= 0.6 is 13.4 Å². The van der Waals surface area contributed by atoms with E-state index in [1.54, 1.807) is 38.1 Å². The molecule has 5 aromatic rings. The van der Waals surface area contributed by atoms with Gasteiger partial charge in [0.25, 0.3) is 5.79 Å². The van der Waals surface area contributed by atoms with Gasteiger partial charge in [-0.15, -0.1) is 0 Å². The molecule has 2 aromatic carbocycles. The first-order chi connectivity index (χ1) is 44.6. The molecule has 4 aliphatic heterocycles. The van der Waals surface area contributed by atoms with Crippen LogP contribution in [-0.4, -0.2) is 185 Å². The maximum absolute atomic E-state index is 16.6. The summed E-state index contributed by atoms with van der Waals surface area (Å²) in [5.41, 5.74) is 13.3. The van der Waals surface area contributed by atoms with E-state index in [0.29, 0.717) is 16.8 Å². The fourth-order valence-corrected chi connectivity index (χ4v) is 13.2. The summed E-state index contributed by atoms with van der Waals surface area (Å²) in [5, 5.41) is 22.0. The molecule has 40 heteroatoms. The number of ketones is 1. The molecular formula is C54H69FN14O21P2S2. The monoisotopic (exact) mass is 1390 g/mol. The Hall–Kier alpha value is -7.55. The average Bonchev–Trinajstić information content (AvgIpc) is 1.56. The predicted molar refractivity (Wildman–Crippen MR) is 330 cm³/mol. The Morgan fingerprint density at radius 3 is 2.34 bits per heavy atom. The fraction of sp³-hybridized carbons (Fsp3) is 0.519. The molecular weight excluding hydrogens is 1330 g/mol. The second-order valence-corrected chi connectivity index (χ2v) is 28.2. The molecule has 4 aliphatic rings. The van der Waals surface area contributed by atoms with Gasteiger partial charge in [0, 0.05) is 56.7 Å². The molecule has 0 radical (unpaired) electrons. The van der Waals surface area contributed by atoms with Crippen LogP contribution in [0.3, 0.4) is 0 Å². The molecule has 35 nitrogen and oxygen atoms in total. The Morgan fingerprint density at radius 2 is 1.61 bits per heavy atom. The highest BCUT2D eigenvalue weighted by Gasteiger charge is 2.68. The van der Waals surface area contributed by atoms with E-state index in [0.717, 1.165) is 4.90 Å². The molecule has 3 unspecified atom stereocenters. The summed E-state index contributed by atoms with van der Waals surface area (Å²) < 4.78 is 65.8. The van der Waals surface area contributed by atoms with Crippen LogP contribution in [0.15, 0.2) is 61.4 Å². The molecule has 0 saturated carbocycles. The maximum atomic E-state index is 16.6. The van der Waals surface area contributed by atoms with E-state index in [2.05, 4.69) is 46.5 Å². The number of fused-ring (bicyclic) bond motifs is 4. The normalized spacial score (nSPS) is 25.9. The number of aromatic nitrogens is 6. The number of amides is 7. The molecule has 7 heterocycles. The van der Waals surface area contributed by atoms with Gasteiger partial charge in [0.15, 0.2) is 48.1 Å². The fourth-order valence-electron chi connectivity index (χ4n) is 10.3. The summed E-state index contributed by atoms with van der Waals surface area (Å²) in [6, 6.07) is 9.06. The number of nitrogens with two attached hydrogens (primary N) is 2. The number of rotatable bonds is 25. The highest BCUT2D eigenvalue weighted by molar-refractivity contribution is 8.07. The number of halogens is 1. The molecule has 510 valence electrons. The van der Waals surface area contributed by atoms with Gasteiger partial charge in [-0.1, -0.05) is 32.9 Å². The number of alkyl halides is 1. The van der Waals surface area contributed by atoms with Crippen LogP contribution in [0.1, 0.15) is 70.9 Å². The number of ether oxygens (including phenoxy) is 4. The molecule has 9 rings (SSSR count). The molecule has 7 amide bonds. The Bertz CT molecular complexity index is 3750. The molecule has 94 heavy (non-hydrogen) atoms. The van der Waals surface area contributed by atoms with E-state index in [-0.39, 0.29) is 99.1 Å². The number of carboxylic acid groups (broad SMARTS) is 1. The van der Waals surface area contributed by atoms with Crippen LogP contribution < -0.4 is 38.1 Å². The summed E-state index contributed by atoms with van der Waals surface area (Å²) in [6.45, 7) is -6.08. The lowest BCUT2D eigenvalue weighted by atomic mass is 9.89. The van der Waals surface area contributed by atoms with Crippen LogP contribution in [0.4, 0.5) is 36.0 Å². The second kappa shape index (κ2) is 30.5. The van der Waals surface area contributed by atoms with Gasteiger partial charge in [-0.05, 0) is 78.3 Å². The van der Waals surface area contributed by atoms with Gasteiger partial charge >= 0.3 is 37.6 Å². The van der Waals surface area contributed by atoms with Crippen molar-refractivity contribution >= 4 is 124 Å². The summed E-state index contributed by atoms with van der Waals surface area (Å²) in [5.74, 6) is -7.42. The van der Waals surface area contributed by atoms with Gasteiger partial charge in [0.1, 0.15) is 43.9 Å². The summed E-state index contributed by atoms with van der Waals surface area (Å²) in [4.78, 5) is 153. The third-order valence-corrected chi connectivity index (χ3v) is 18.4. The van der Waals surface area contributed by atoms with Crippen molar-refractivity contribution in [3.05, 3.63) is 67.0 Å². The number of hydrogen-bond donors (Lipinski definition) is 10. The zero-order valence-electron chi connectivity index (χ0n) is 50.7. The number of nitrogen functional groups attached to an aromatic ring is 1. The number of primary amides is 1. The first kappa shape index (κ1) is 70.8. The van der Waals surface area contributed by atoms with Crippen molar-refractivity contribution in [3.63, 3.8) is 0 Å². The number of hydrogen-bond acceptors (Lipinski definition) is 25. The highest BCUT2D eigenvalue weighted by Crippen LogP contribution is 2.59. The zero-order valence-corrected chi connectivity index (χ0v) is 54.1. The topological polar surface area (TPSA) is 466 Å². The molecule has 3 aromatic heterocycles. The quantitative estimate of drug-likeness (QED) is 0.0228. The number of Topliss-reactive ketones (excluding diaryl/α,β-unsaturated/α-hetero) is 1. The van der Waals surface area contributed by atoms with E-state index in [1.807, 2.05) is 0 Å². The van der Waals surface area contributed by atoms with Crippen molar-refractivity contribution in [2.24, 2.45) is 23.5 Å². The van der Waals surface area contributed by atoms with Gasteiger partial charge in [-0.25, -0.2) is 43.6 Å². The third kappa shape index (κ3) is 17.5. The molecule has 0 spiro atoms. The number of aliphatic carboxylic acids is 1. The second-order valence-electron chi connectivity index (χ2n) is 22.6. The lowest BCUT2D eigenvalue weighted by Gasteiger charge is -2.32. The molecule has 0 aliphatic carbocycles. The van der Waals surface area contributed by atoms with E-state index < -0.39 is 141 Å². The standard InChI is InChI=1S/C54H69FN14O21P2S2/c1-27(2)40(66-37(71)13-15-58-38(72)18-28(3)50(74)75)35(70)19-30(6-5-14-59-51(57)76)47(73)64-31-9-7-29(8-10-31)21-82-53(78)67(4)16-17-81-52(77)65-32-11-12-33-34(20-32)68(25-62-33)48-42-39(55)36(85-48)22-83-91(79,93)89-44-43-49(69-26-63-41-45(56)60-24-61-46(41)69)86-54(44,90-87-43)23-84-92(80,94)88-42/h7-12,20,24-28,30,36,39-40,42-44,48-49H,5-6,13-19,21-23H2,1-4H3,(H,58,72)(H,64,73)(H,65,77)(H,66,71)(H,74,75)(H,79,93)(H,80,94)(H2,56,60,61)(H3,57,59,76)/t28?,30-,36-,39-,40+,42-,43-,44+,48-,49-,54+,91?,92?/m1/s1. The minimum Gasteiger partial charge on any atom is -0.481 e. The van der Waals surface area contributed by atoms with Crippen molar-refractivity contribution in [2.75, 3.05) is 62.9 Å². The van der Waals surface area contributed by atoms with Crippen molar-refractivity contribution in [1.82, 2.24) is 49.9 Å². The number of anilines is 3. The van der Waals surface area contributed by atoms with Gasteiger partial charge < -0.3 is 85.1 Å². The van der Waals surface area contributed by atoms with Crippen LogP contribution in [0.5, 0.6) is 0 Å². The summed E-state index contributed by atoms with van der Waals surface area (Å²) in [6.07, 6.45) is -8.70. The zero-order chi connectivity index (χ0) is 67.8. The Morgan fingerprint density at radius 1 is 0.872 bits per heavy atom. The van der Waals surface area contributed by atoms with Crippen molar-refractivity contribution in [1.29, 1.82) is 0 Å². The summed E-state index contributed by atoms with van der Waals surface area (Å²) in [7, 11) is 1.42. The highest BCUT2D eigenvalue weighted by atomic mass is 32.5. The van der Waals surface area contributed by atoms with Crippen LogP contribution in [-0.2, 0) is 101 Å². The van der Waals surface area contributed by atoms with Crippen LogP contribution in [0.25, 0.3) is 22.2 Å². The first-order valence-corrected chi connectivity index (χ1v) is 34.4. The molecule has 12 N–H and O–H groups in total. The number of nitrogens with zero attached hydrogens (tertiary/aromatic N) is 7. The number of carboxylic acids is 1. The Balaban J connectivity index is 0.747. The van der Waals surface area contributed by atoms with Crippen molar-refractivity contribution < 1.29 is 104 Å². The molecule has 4 fully saturated rings. The summed E-state index contributed by atoms with van der Waals surface area (Å²) >= 11 is 10.8. The van der Waals surface area contributed by atoms with E-state index >= 15 is 4.39 Å². The molecule has 4 saturated heterocycles. The number of likely N-dealkylation sites (N-methyl/N-ethyl adjacent to an activating group) is 1. The maximum Gasteiger partial charge on any atom is 0.411 e. The van der Waals surface area contributed by atoms with Crippen molar-refractivity contribution in [3.8, 4) is 0 Å². The van der Waals surface area contributed by atoms with E-state index in [9.17, 15) is 48.1 Å². The number of urea groups is 1. The number of carbonyl (C=O) groups excluding carboxylic acids is 7. The number of carbonyl (C=O) groups is 8. The Kier molecular flexibility index (Phi) is 22.9. The average molecular weight is 1400 g/mol. The minimum atomic E-state index is -4.50. The van der Waals surface area contributed by atoms with E-state index in [4.69, 9.17) is 87.0 Å². The van der Waals surface area contributed by atoms with Crippen molar-refractivity contribution in [2.45, 2.75) is 114 Å². The van der Waals surface area contributed by atoms with Gasteiger partial charge in [0.05, 0.1) is 48.8 Å². The lowest BCUT2D eigenvalue weighted by Crippen LogP contribution is -2.46. The number of benzene rings is 2. The largest absolute Gasteiger partial charge is 0.481 e. The lowest BCUT2D eigenvalue weighted by molar-refractivity contribution is -0.452. The third-order valence-electron chi connectivity index (χ3n) is 15.3. The van der Waals surface area contributed by atoms with E-state index in [1.165, 1.54) is 60.3 Å². The van der Waals surface area contributed by atoms with Gasteiger partial charge in [-0.2, -0.15) is 4.89 Å².